The summed E-state index contributed by atoms with van der Waals surface area (Å²) in [5, 5.41) is -0.0852. The Morgan fingerprint density at radius 3 is 2.50 bits per heavy atom. The van der Waals surface area contributed by atoms with Crippen molar-refractivity contribution in [2.45, 2.75) is 13.3 Å². The van der Waals surface area contributed by atoms with E-state index in [4.69, 9.17) is 5.73 Å². The van der Waals surface area contributed by atoms with Crippen LogP contribution in [0.3, 0.4) is 0 Å². The van der Waals surface area contributed by atoms with E-state index in [9.17, 15) is 9.59 Å². The molecular weight excluding hydrogens is 150 g/mol. The summed E-state index contributed by atoms with van der Waals surface area (Å²) >= 11 is 1.12. The molecule has 0 amide bonds. The van der Waals surface area contributed by atoms with Crippen LogP contribution in [0, 0.1) is 0 Å². The zero-order valence-corrected chi connectivity index (χ0v) is 6.74. The van der Waals surface area contributed by atoms with Crippen LogP contribution in [0.5, 0.6) is 0 Å². The number of thioether (sulfide) groups is 1. The number of hydrogen-bond donors (Lipinski definition) is 1. The van der Waals surface area contributed by atoms with Gasteiger partial charge in [-0.15, -0.1) is 0 Å². The lowest BCUT2D eigenvalue weighted by Gasteiger charge is -1.93. The van der Waals surface area contributed by atoms with E-state index < -0.39 is 0 Å². The zero-order valence-electron chi connectivity index (χ0n) is 5.92. The van der Waals surface area contributed by atoms with Gasteiger partial charge in [0.1, 0.15) is 5.78 Å². The molecule has 0 atom stereocenters. The van der Waals surface area contributed by atoms with Gasteiger partial charge in [-0.1, -0.05) is 11.8 Å². The number of carbonyl (C=O) groups is 2. The number of hydrogen-bond acceptors (Lipinski definition) is 4. The summed E-state index contributed by atoms with van der Waals surface area (Å²) in [7, 11) is 0. The van der Waals surface area contributed by atoms with Crippen molar-refractivity contribution in [1.29, 1.82) is 0 Å². The van der Waals surface area contributed by atoms with Gasteiger partial charge in [0, 0.05) is 12.3 Å². The highest BCUT2D eigenvalue weighted by Gasteiger charge is 2.03. The lowest BCUT2D eigenvalue weighted by molar-refractivity contribution is -0.121. The lowest BCUT2D eigenvalue weighted by Crippen LogP contribution is -2.06. The molecule has 0 bridgehead atoms. The van der Waals surface area contributed by atoms with E-state index in [1.807, 2.05) is 0 Å². The molecule has 0 aliphatic carbocycles. The summed E-state index contributed by atoms with van der Waals surface area (Å²) in [6, 6.07) is 0. The van der Waals surface area contributed by atoms with Gasteiger partial charge >= 0.3 is 0 Å². The van der Waals surface area contributed by atoms with Gasteiger partial charge in [0.25, 0.3) is 0 Å². The molecule has 4 heteroatoms. The Kier molecular flexibility index (Phi) is 5.25. The van der Waals surface area contributed by atoms with Gasteiger partial charge in [0.05, 0.1) is 6.42 Å². The summed E-state index contributed by atoms with van der Waals surface area (Å²) in [6.45, 7) is 1.88. The third-order valence-electron chi connectivity index (χ3n) is 0.774. The number of carbonyl (C=O) groups excluding carboxylic acids is 2. The van der Waals surface area contributed by atoms with Crippen LogP contribution < -0.4 is 5.73 Å². The minimum Gasteiger partial charge on any atom is -0.330 e. The normalized spacial score (nSPS) is 9.40. The molecule has 3 nitrogen and oxygen atoms in total. The molecule has 0 aromatic rings. The molecule has 0 radical (unpaired) electrons. The van der Waals surface area contributed by atoms with E-state index in [2.05, 4.69) is 0 Å². The van der Waals surface area contributed by atoms with Gasteiger partial charge in [-0.3, -0.25) is 9.59 Å². The molecule has 0 spiro atoms. The van der Waals surface area contributed by atoms with E-state index in [-0.39, 0.29) is 17.3 Å². The highest BCUT2D eigenvalue weighted by atomic mass is 32.2. The van der Waals surface area contributed by atoms with Gasteiger partial charge in [0.2, 0.25) is 0 Å². The van der Waals surface area contributed by atoms with Crippen molar-refractivity contribution < 1.29 is 9.59 Å². The third kappa shape index (κ3) is 5.78. The number of nitrogens with two attached hydrogens (primary N) is 1. The molecule has 10 heavy (non-hydrogen) atoms. The van der Waals surface area contributed by atoms with Crippen LogP contribution in [0.2, 0.25) is 0 Å². The maximum Gasteiger partial charge on any atom is 0.196 e. The Morgan fingerprint density at radius 1 is 1.50 bits per heavy atom. The Balaban J connectivity index is 3.35. The predicted octanol–water partition coefficient (Wildman–Crippen LogP) is 0.184. The average Bonchev–Trinajstić information content (AvgIpc) is 1.82. The van der Waals surface area contributed by atoms with Crippen molar-refractivity contribution in [2.75, 3.05) is 12.3 Å². The molecule has 0 rings (SSSR count). The van der Waals surface area contributed by atoms with Crippen LogP contribution in [0.25, 0.3) is 0 Å². The van der Waals surface area contributed by atoms with Crippen molar-refractivity contribution >= 4 is 22.7 Å². The Bertz CT molecular complexity index is 136. The third-order valence-corrected chi connectivity index (χ3v) is 1.68. The minimum atomic E-state index is -0.0884. The topological polar surface area (TPSA) is 60.2 Å². The number of Topliss-reactive ketones (excluding diaryl/α,β-unsaturated/α-hetero) is 1. The average molecular weight is 161 g/mol. The van der Waals surface area contributed by atoms with Crippen molar-refractivity contribution in [3.63, 3.8) is 0 Å². The van der Waals surface area contributed by atoms with Crippen LogP contribution in [-0.2, 0) is 9.59 Å². The first-order valence-electron chi connectivity index (χ1n) is 3.02. The molecule has 2 N–H and O–H groups in total. The quantitative estimate of drug-likeness (QED) is 0.598. The van der Waals surface area contributed by atoms with Gasteiger partial charge in [-0.25, -0.2) is 0 Å². The monoisotopic (exact) mass is 161 g/mol. The second kappa shape index (κ2) is 5.44. The molecule has 0 aromatic heterocycles. The molecule has 0 unspecified atom stereocenters. The largest absolute Gasteiger partial charge is 0.330 e. The SMILES string of the molecule is CC(=O)CC(=O)SCCN. The standard InChI is InChI=1S/C6H11NO2S/c1-5(8)4-6(9)10-3-2-7/h2-4,7H2,1H3. The Labute approximate surface area is 64.4 Å². The van der Waals surface area contributed by atoms with Gasteiger partial charge < -0.3 is 5.73 Å². The van der Waals surface area contributed by atoms with Crippen LogP contribution in [-0.4, -0.2) is 23.2 Å². The molecule has 0 saturated heterocycles. The first kappa shape index (κ1) is 9.65. The Morgan fingerprint density at radius 2 is 2.10 bits per heavy atom. The van der Waals surface area contributed by atoms with Crippen molar-refractivity contribution in [3.05, 3.63) is 0 Å². The van der Waals surface area contributed by atoms with Gasteiger partial charge in [-0.2, -0.15) is 0 Å². The summed E-state index contributed by atoms with van der Waals surface area (Å²) < 4.78 is 0. The summed E-state index contributed by atoms with van der Waals surface area (Å²) in [5.74, 6) is 0.515. The lowest BCUT2D eigenvalue weighted by atomic mass is 10.3. The summed E-state index contributed by atoms with van der Waals surface area (Å²) in [5.41, 5.74) is 5.15. The first-order valence-corrected chi connectivity index (χ1v) is 4.00. The van der Waals surface area contributed by atoms with Gasteiger partial charge in [0.15, 0.2) is 5.12 Å². The van der Waals surface area contributed by atoms with E-state index in [1.165, 1.54) is 6.92 Å². The highest BCUT2D eigenvalue weighted by molar-refractivity contribution is 8.13. The van der Waals surface area contributed by atoms with Crippen molar-refractivity contribution in [2.24, 2.45) is 5.73 Å². The fourth-order valence-corrected chi connectivity index (χ4v) is 1.08. The molecule has 58 valence electrons. The molecular formula is C6H11NO2S. The molecule has 0 aromatic carbocycles. The molecule has 0 fully saturated rings. The number of rotatable bonds is 4. The predicted molar refractivity (Wildman–Crippen MR) is 41.8 cm³/mol. The van der Waals surface area contributed by atoms with Crippen LogP contribution in [0.4, 0.5) is 0 Å². The van der Waals surface area contributed by atoms with E-state index >= 15 is 0 Å². The van der Waals surface area contributed by atoms with E-state index in [0.29, 0.717) is 12.3 Å². The van der Waals surface area contributed by atoms with Crippen LogP contribution >= 0.6 is 11.8 Å². The smallest absolute Gasteiger partial charge is 0.196 e. The van der Waals surface area contributed by atoms with E-state index in [0.717, 1.165) is 11.8 Å². The highest BCUT2D eigenvalue weighted by Crippen LogP contribution is 2.03. The molecule has 0 aliphatic heterocycles. The maximum atomic E-state index is 10.7. The Hall–Kier alpha value is -0.350. The molecule has 0 saturated carbocycles. The zero-order chi connectivity index (χ0) is 7.98. The number of ketones is 1. The van der Waals surface area contributed by atoms with E-state index in [1.54, 1.807) is 0 Å². The fraction of sp³-hybridized carbons (Fsp3) is 0.667. The second-order valence-electron chi connectivity index (χ2n) is 1.89. The maximum absolute atomic E-state index is 10.7. The minimum absolute atomic E-state index is 0.0324. The van der Waals surface area contributed by atoms with Crippen LogP contribution in [0.15, 0.2) is 0 Å². The summed E-state index contributed by atoms with van der Waals surface area (Å²) in [6.07, 6.45) is 0.0324. The fourth-order valence-electron chi connectivity index (χ4n) is 0.427. The first-order chi connectivity index (χ1) is 4.66. The van der Waals surface area contributed by atoms with Crippen LogP contribution in [0.1, 0.15) is 13.3 Å². The summed E-state index contributed by atoms with van der Waals surface area (Å²) in [4.78, 5) is 21.1. The van der Waals surface area contributed by atoms with Crippen molar-refractivity contribution in [3.8, 4) is 0 Å². The van der Waals surface area contributed by atoms with Gasteiger partial charge in [-0.05, 0) is 6.92 Å². The molecule has 0 aliphatic rings. The second-order valence-corrected chi connectivity index (χ2v) is 3.04. The van der Waals surface area contributed by atoms with Crippen molar-refractivity contribution in [1.82, 2.24) is 0 Å². The molecule has 0 heterocycles.